The first-order valence-electron chi connectivity index (χ1n) is 16.5. The molecule has 0 amide bonds. The summed E-state index contributed by atoms with van der Waals surface area (Å²) in [5, 5.41) is 3.46. The first-order valence-corrected chi connectivity index (χ1v) is 16.5. The van der Waals surface area contributed by atoms with Crippen LogP contribution in [0.25, 0.3) is 89.9 Å². The molecule has 230 valence electrons. The maximum Gasteiger partial charge on any atom is 0.164 e. The summed E-state index contributed by atoms with van der Waals surface area (Å²) in [6, 6.07) is 50.1. The molecule has 3 heterocycles. The second kappa shape index (κ2) is 11.0. The molecule has 0 radical (unpaired) electrons. The van der Waals surface area contributed by atoms with E-state index in [4.69, 9.17) is 19.4 Å². The molecule has 9 aromatic rings. The van der Waals surface area contributed by atoms with Gasteiger partial charge >= 0.3 is 0 Å². The number of hydrogen-bond donors (Lipinski definition) is 0. The van der Waals surface area contributed by atoms with Gasteiger partial charge in [-0.05, 0) is 53.5 Å². The molecule has 0 saturated heterocycles. The summed E-state index contributed by atoms with van der Waals surface area (Å²) in [6.07, 6.45) is 5.43. The molecule has 0 bridgehead atoms. The summed E-state index contributed by atoms with van der Waals surface area (Å²) in [5.41, 5.74) is 11.5. The number of aromatic nitrogens is 4. The Labute approximate surface area is 282 Å². The highest BCUT2D eigenvalue weighted by Gasteiger charge is 2.23. The van der Waals surface area contributed by atoms with E-state index in [9.17, 15) is 0 Å². The average Bonchev–Trinajstić information content (AvgIpc) is 3.89. The summed E-state index contributed by atoms with van der Waals surface area (Å²) < 4.78 is 9.10. The van der Waals surface area contributed by atoms with Crippen LogP contribution in [0, 0.1) is 0 Å². The van der Waals surface area contributed by atoms with Gasteiger partial charge in [-0.25, -0.2) is 15.0 Å². The summed E-state index contributed by atoms with van der Waals surface area (Å²) in [4.78, 5) is 14.8. The lowest BCUT2D eigenvalue weighted by molar-refractivity contribution is 0.666. The number of nitrogens with zero attached hydrogens (tertiary/aromatic N) is 4. The molecule has 5 nitrogen and oxygen atoms in total. The SMILES string of the molecule is C1=Cc2c(c3ccccc3n2-c2cccc3c2oc2cccc(-c4cccc(-c5nc(-c6ccccc6)nc(-c6ccccc6)n5)c4)c23)C1. The molecule has 10 rings (SSSR count). The number of allylic oxidation sites excluding steroid dienone is 1. The molecule has 49 heavy (non-hydrogen) atoms. The summed E-state index contributed by atoms with van der Waals surface area (Å²) in [5.74, 6) is 1.91. The highest BCUT2D eigenvalue weighted by atomic mass is 16.3. The van der Waals surface area contributed by atoms with Gasteiger partial charge in [0.25, 0.3) is 0 Å². The van der Waals surface area contributed by atoms with Crippen LogP contribution in [-0.4, -0.2) is 19.5 Å². The zero-order chi connectivity index (χ0) is 32.3. The van der Waals surface area contributed by atoms with Gasteiger partial charge in [0.1, 0.15) is 5.58 Å². The van der Waals surface area contributed by atoms with Crippen LogP contribution in [0.15, 0.2) is 156 Å². The topological polar surface area (TPSA) is 56.7 Å². The predicted molar refractivity (Wildman–Crippen MR) is 198 cm³/mol. The standard InChI is InChI=1S/C44H28N4O/c1-3-13-28(14-4-1)42-45-43(29-15-5-2-6-16-29)47-44(46-42)31-18-9-17-30(27-31)32-20-12-26-39-40(32)35-22-11-25-38(41(35)49-39)48-36-23-8-7-19-33(36)34-21-10-24-37(34)48/h1-20,22-27H,21H2. The van der Waals surface area contributed by atoms with Crippen molar-refractivity contribution in [3.63, 3.8) is 0 Å². The lowest BCUT2D eigenvalue weighted by Crippen LogP contribution is -2.00. The molecule has 0 atom stereocenters. The van der Waals surface area contributed by atoms with E-state index in [2.05, 4.69) is 102 Å². The van der Waals surface area contributed by atoms with Crippen LogP contribution < -0.4 is 0 Å². The second-order valence-corrected chi connectivity index (χ2v) is 12.4. The minimum atomic E-state index is 0.627. The summed E-state index contributed by atoms with van der Waals surface area (Å²) >= 11 is 0. The van der Waals surface area contributed by atoms with Gasteiger partial charge in [-0.3, -0.25) is 0 Å². The van der Waals surface area contributed by atoms with E-state index >= 15 is 0 Å². The Hall–Kier alpha value is -6.59. The Morgan fingerprint density at radius 2 is 1.14 bits per heavy atom. The number of hydrogen-bond acceptors (Lipinski definition) is 4. The number of para-hydroxylation sites is 2. The molecule has 1 aliphatic carbocycles. The number of rotatable bonds is 5. The van der Waals surface area contributed by atoms with Gasteiger partial charge in [0.05, 0.1) is 16.9 Å². The normalized spacial score (nSPS) is 12.3. The lowest BCUT2D eigenvalue weighted by atomic mass is 9.97. The highest BCUT2D eigenvalue weighted by molar-refractivity contribution is 6.14. The van der Waals surface area contributed by atoms with Gasteiger partial charge in [-0.15, -0.1) is 0 Å². The minimum Gasteiger partial charge on any atom is -0.454 e. The Bertz CT molecular complexity index is 2680. The van der Waals surface area contributed by atoms with E-state index in [-0.39, 0.29) is 0 Å². The first-order chi connectivity index (χ1) is 24.3. The molecule has 3 aromatic heterocycles. The van der Waals surface area contributed by atoms with Crippen LogP contribution in [0.5, 0.6) is 0 Å². The quantitative estimate of drug-likeness (QED) is 0.190. The maximum atomic E-state index is 6.74. The van der Waals surface area contributed by atoms with Crippen molar-refractivity contribution in [2.45, 2.75) is 6.42 Å². The van der Waals surface area contributed by atoms with Gasteiger partial charge in [0.15, 0.2) is 23.1 Å². The smallest absolute Gasteiger partial charge is 0.164 e. The Balaban J connectivity index is 1.15. The molecule has 0 saturated carbocycles. The molecule has 0 N–H and O–H groups in total. The van der Waals surface area contributed by atoms with Crippen molar-refractivity contribution in [3.05, 3.63) is 163 Å². The number of fused-ring (bicyclic) bond motifs is 6. The van der Waals surface area contributed by atoms with Crippen molar-refractivity contribution in [2.24, 2.45) is 0 Å². The fourth-order valence-electron chi connectivity index (χ4n) is 7.28. The monoisotopic (exact) mass is 628 g/mol. The zero-order valence-electron chi connectivity index (χ0n) is 26.4. The van der Waals surface area contributed by atoms with Crippen LogP contribution in [-0.2, 0) is 6.42 Å². The molecule has 0 unspecified atom stereocenters. The van der Waals surface area contributed by atoms with E-state index < -0.39 is 0 Å². The summed E-state index contributed by atoms with van der Waals surface area (Å²) in [6.45, 7) is 0. The molecule has 0 fully saturated rings. The predicted octanol–water partition coefficient (Wildman–Crippen LogP) is 11.0. The largest absolute Gasteiger partial charge is 0.454 e. The summed E-state index contributed by atoms with van der Waals surface area (Å²) in [7, 11) is 0. The van der Waals surface area contributed by atoms with Gasteiger partial charge < -0.3 is 8.98 Å². The number of furan rings is 1. The molecule has 0 aliphatic heterocycles. The van der Waals surface area contributed by atoms with E-state index in [0.717, 1.165) is 61.9 Å². The maximum absolute atomic E-state index is 6.74. The van der Waals surface area contributed by atoms with Crippen LogP contribution in [0.1, 0.15) is 11.3 Å². The first kappa shape index (κ1) is 27.5. The van der Waals surface area contributed by atoms with Gasteiger partial charge in [-0.2, -0.15) is 0 Å². The number of benzene rings is 6. The van der Waals surface area contributed by atoms with Crippen molar-refractivity contribution in [2.75, 3.05) is 0 Å². The van der Waals surface area contributed by atoms with E-state index in [0.29, 0.717) is 17.5 Å². The van der Waals surface area contributed by atoms with E-state index in [1.165, 1.54) is 22.2 Å². The van der Waals surface area contributed by atoms with Crippen LogP contribution >= 0.6 is 0 Å². The van der Waals surface area contributed by atoms with Crippen molar-refractivity contribution in [3.8, 4) is 51.0 Å². The van der Waals surface area contributed by atoms with Gasteiger partial charge in [0.2, 0.25) is 0 Å². The molecule has 6 aromatic carbocycles. The zero-order valence-corrected chi connectivity index (χ0v) is 26.4. The molecule has 1 aliphatic rings. The Kier molecular flexibility index (Phi) is 6.18. The Morgan fingerprint density at radius 3 is 1.92 bits per heavy atom. The molecule has 0 spiro atoms. The van der Waals surface area contributed by atoms with Crippen LogP contribution in [0.4, 0.5) is 0 Å². The fourth-order valence-corrected chi connectivity index (χ4v) is 7.28. The highest BCUT2D eigenvalue weighted by Crippen LogP contribution is 2.42. The van der Waals surface area contributed by atoms with Crippen molar-refractivity contribution in [1.82, 2.24) is 19.5 Å². The average molecular weight is 629 g/mol. The lowest BCUT2D eigenvalue weighted by Gasteiger charge is -2.10. The third-order valence-electron chi connectivity index (χ3n) is 9.49. The van der Waals surface area contributed by atoms with Crippen LogP contribution in [0.2, 0.25) is 0 Å². The van der Waals surface area contributed by atoms with E-state index in [1.54, 1.807) is 0 Å². The third-order valence-corrected chi connectivity index (χ3v) is 9.49. The molecule has 5 heteroatoms. The van der Waals surface area contributed by atoms with Crippen LogP contribution in [0.3, 0.4) is 0 Å². The van der Waals surface area contributed by atoms with Gasteiger partial charge in [0, 0.05) is 32.8 Å². The van der Waals surface area contributed by atoms with Gasteiger partial charge in [-0.1, -0.05) is 127 Å². The van der Waals surface area contributed by atoms with Crippen molar-refractivity contribution in [1.29, 1.82) is 0 Å². The fraction of sp³-hybridized carbons (Fsp3) is 0.0227. The molecular weight excluding hydrogens is 601 g/mol. The minimum absolute atomic E-state index is 0.627. The second-order valence-electron chi connectivity index (χ2n) is 12.4. The molecular formula is C44H28N4O. The van der Waals surface area contributed by atoms with Crippen molar-refractivity contribution < 1.29 is 4.42 Å². The Morgan fingerprint density at radius 1 is 0.531 bits per heavy atom. The van der Waals surface area contributed by atoms with Crippen molar-refractivity contribution >= 4 is 38.9 Å². The third kappa shape index (κ3) is 4.44. The van der Waals surface area contributed by atoms with E-state index in [1.807, 2.05) is 60.7 Å².